The standard InChI is InChI=1S/C11H13N3O2S/c1-8-3-4-10(7-9(8)2)17(15,16)14-6-5-11(12)13-14/h3-7H,1-2H3,(H2,12,13). The Balaban J connectivity index is 2.56. The number of nitrogens with two attached hydrogens (primary N) is 1. The zero-order valence-corrected chi connectivity index (χ0v) is 10.4. The Morgan fingerprint density at radius 2 is 1.88 bits per heavy atom. The van der Waals surface area contributed by atoms with Crippen molar-refractivity contribution < 1.29 is 8.42 Å². The van der Waals surface area contributed by atoms with Crippen molar-refractivity contribution in [2.45, 2.75) is 18.7 Å². The molecular formula is C11H13N3O2S. The van der Waals surface area contributed by atoms with Gasteiger partial charge in [0.05, 0.1) is 4.90 Å². The van der Waals surface area contributed by atoms with E-state index >= 15 is 0 Å². The lowest BCUT2D eigenvalue weighted by atomic mass is 10.1. The Kier molecular flexibility index (Phi) is 2.66. The molecule has 0 unspecified atom stereocenters. The van der Waals surface area contributed by atoms with E-state index in [1.165, 1.54) is 12.3 Å². The molecule has 2 aromatic rings. The second-order valence-corrected chi connectivity index (χ2v) is 5.66. The Hall–Kier alpha value is -1.82. The summed E-state index contributed by atoms with van der Waals surface area (Å²) in [4.78, 5) is 0.212. The van der Waals surface area contributed by atoms with Gasteiger partial charge in [0.25, 0.3) is 10.0 Å². The van der Waals surface area contributed by atoms with Gasteiger partial charge in [-0.1, -0.05) is 6.07 Å². The van der Waals surface area contributed by atoms with E-state index < -0.39 is 10.0 Å². The average molecular weight is 251 g/mol. The van der Waals surface area contributed by atoms with Crippen LogP contribution in [0.3, 0.4) is 0 Å². The van der Waals surface area contributed by atoms with Gasteiger partial charge in [-0.05, 0) is 37.1 Å². The summed E-state index contributed by atoms with van der Waals surface area (Å²) < 4.78 is 25.2. The predicted octanol–water partition coefficient (Wildman–Crippen LogP) is 1.32. The van der Waals surface area contributed by atoms with Gasteiger partial charge in [-0.15, -0.1) is 5.10 Å². The molecule has 1 heterocycles. The summed E-state index contributed by atoms with van der Waals surface area (Å²) in [5, 5.41) is 3.72. The third-order valence-electron chi connectivity index (χ3n) is 2.61. The highest BCUT2D eigenvalue weighted by Gasteiger charge is 2.18. The molecule has 5 nitrogen and oxygen atoms in total. The predicted molar refractivity (Wildman–Crippen MR) is 65.1 cm³/mol. The minimum atomic E-state index is -3.63. The first-order valence-electron chi connectivity index (χ1n) is 5.05. The molecule has 0 bridgehead atoms. The molecule has 1 aromatic heterocycles. The molecule has 90 valence electrons. The van der Waals surface area contributed by atoms with Gasteiger partial charge in [0, 0.05) is 12.3 Å². The highest BCUT2D eigenvalue weighted by Crippen LogP contribution is 2.17. The van der Waals surface area contributed by atoms with E-state index in [9.17, 15) is 8.42 Å². The highest BCUT2D eigenvalue weighted by molar-refractivity contribution is 7.89. The van der Waals surface area contributed by atoms with E-state index in [1.54, 1.807) is 18.2 Å². The zero-order chi connectivity index (χ0) is 12.6. The third-order valence-corrected chi connectivity index (χ3v) is 4.15. The number of hydrogen-bond donors (Lipinski definition) is 1. The van der Waals surface area contributed by atoms with Crippen LogP contribution in [0.4, 0.5) is 5.82 Å². The molecule has 0 spiro atoms. The molecule has 0 amide bonds. The summed E-state index contributed by atoms with van der Waals surface area (Å²) in [6.45, 7) is 3.80. The van der Waals surface area contributed by atoms with Crippen LogP contribution < -0.4 is 5.73 Å². The van der Waals surface area contributed by atoms with Crippen molar-refractivity contribution in [2.75, 3.05) is 5.73 Å². The Labute approximate surface area is 99.9 Å². The molecular weight excluding hydrogens is 238 g/mol. The fraction of sp³-hybridized carbons (Fsp3) is 0.182. The van der Waals surface area contributed by atoms with Gasteiger partial charge in [0.15, 0.2) is 0 Å². The van der Waals surface area contributed by atoms with Crippen molar-refractivity contribution in [1.29, 1.82) is 0 Å². The maximum absolute atomic E-state index is 12.2. The van der Waals surface area contributed by atoms with Crippen molar-refractivity contribution in [2.24, 2.45) is 0 Å². The van der Waals surface area contributed by atoms with Crippen LogP contribution in [0.25, 0.3) is 0 Å². The summed E-state index contributed by atoms with van der Waals surface area (Å²) in [5.41, 5.74) is 7.38. The number of anilines is 1. The van der Waals surface area contributed by atoms with E-state index in [0.29, 0.717) is 0 Å². The molecule has 0 aliphatic rings. The van der Waals surface area contributed by atoms with E-state index in [4.69, 9.17) is 5.73 Å². The number of aromatic nitrogens is 2. The van der Waals surface area contributed by atoms with Gasteiger partial charge >= 0.3 is 0 Å². The summed E-state index contributed by atoms with van der Waals surface area (Å²) >= 11 is 0. The van der Waals surface area contributed by atoms with E-state index in [-0.39, 0.29) is 10.7 Å². The fourth-order valence-electron chi connectivity index (χ4n) is 1.44. The van der Waals surface area contributed by atoms with Crippen molar-refractivity contribution in [3.63, 3.8) is 0 Å². The average Bonchev–Trinajstić information content (AvgIpc) is 2.69. The fourth-order valence-corrected chi connectivity index (χ4v) is 2.64. The first-order valence-corrected chi connectivity index (χ1v) is 6.49. The van der Waals surface area contributed by atoms with Crippen LogP contribution >= 0.6 is 0 Å². The minimum Gasteiger partial charge on any atom is -0.382 e. The van der Waals surface area contributed by atoms with Crippen LogP contribution in [-0.2, 0) is 10.0 Å². The summed E-state index contributed by atoms with van der Waals surface area (Å²) in [6, 6.07) is 6.41. The number of nitrogen functional groups attached to an aromatic ring is 1. The zero-order valence-electron chi connectivity index (χ0n) is 9.58. The molecule has 2 N–H and O–H groups in total. The number of rotatable bonds is 2. The second kappa shape index (κ2) is 3.89. The molecule has 1 aromatic carbocycles. The Morgan fingerprint density at radius 3 is 2.41 bits per heavy atom. The van der Waals surface area contributed by atoms with Crippen LogP contribution in [0, 0.1) is 13.8 Å². The summed E-state index contributed by atoms with van der Waals surface area (Å²) in [5.74, 6) is 0.178. The Morgan fingerprint density at radius 1 is 1.18 bits per heavy atom. The van der Waals surface area contributed by atoms with E-state index in [1.807, 2.05) is 13.8 Å². The summed E-state index contributed by atoms with van der Waals surface area (Å²) in [7, 11) is -3.63. The van der Waals surface area contributed by atoms with Crippen LogP contribution in [0.5, 0.6) is 0 Å². The smallest absolute Gasteiger partial charge is 0.283 e. The third kappa shape index (κ3) is 2.03. The molecule has 17 heavy (non-hydrogen) atoms. The first kappa shape index (κ1) is 11.7. The molecule has 0 aliphatic heterocycles. The highest BCUT2D eigenvalue weighted by atomic mass is 32.2. The molecule has 2 rings (SSSR count). The lowest BCUT2D eigenvalue weighted by molar-refractivity contribution is 0.580. The van der Waals surface area contributed by atoms with Crippen molar-refractivity contribution in [3.8, 4) is 0 Å². The van der Waals surface area contributed by atoms with Gasteiger partial charge in [-0.25, -0.2) is 0 Å². The van der Waals surface area contributed by atoms with Crippen LogP contribution in [-0.4, -0.2) is 17.6 Å². The van der Waals surface area contributed by atoms with Crippen molar-refractivity contribution >= 4 is 15.8 Å². The second-order valence-electron chi connectivity index (χ2n) is 3.86. The van der Waals surface area contributed by atoms with Crippen molar-refractivity contribution in [1.82, 2.24) is 9.19 Å². The van der Waals surface area contributed by atoms with Gasteiger partial charge in [0.2, 0.25) is 0 Å². The SMILES string of the molecule is Cc1ccc(S(=O)(=O)n2ccc(N)n2)cc1C. The molecule has 0 saturated heterocycles. The molecule has 0 atom stereocenters. The summed E-state index contributed by atoms with van der Waals surface area (Å²) in [6.07, 6.45) is 1.33. The van der Waals surface area contributed by atoms with E-state index in [2.05, 4.69) is 5.10 Å². The maximum atomic E-state index is 12.2. The van der Waals surface area contributed by atoms with Crippen LogP contribution in [0.2, 0.25) is 0 Å². The van der Waals surface area contributed by atoms with Gasteiger partial charge in [-0.3, -0.25) is 0 Å². The number of benzene rings is 1. The molecule has 6 heteroatoms. The lowest BCUT2D eigenvalue weighted by Crippen LogP contribution is -2.14. The molecule has 0 fully saturated rings. The quantitative estimate of drug-likeness (QED) is 0.873. The van der Waals surface area contributed by atoms with Crippen LogP contribution in [0.1, 0.15) is 11.1 Å². The number of aryl methyl sites for hydroxylation is 2. The first-order chi connectivity index (χ1) is 7.91. The minimum absolute atomic E-state index is 0.178. The molecule has 0 aliphatic carbocycles. The largest absolute Gasteiger partial charge is 0.382 e. The normalized spacial score (nSPS) is 11.6. The lowest BCUT2D eigenvalue weighted by Gasteiger charge is -2.06. The Bertz CT molecular complexity index is 659. The molecule has 0 saturated carbocycles. The number of hydrogen-bond acceptors (Lipinski definition) is 4. The topological polar surface area (TPSA) is 78.0 Å². The van der Waals surface area contributed by atoms with Crippen LogP contribution in [0.15, 0.2) is 35.4 Å². The van der Waals surface area contributed by atoms with Gasteiger partial charge in [0.1, 0.15) is 5.82 Å². The molecule has 0 radical (unpaired) electrons. The maximum Gasteiger partial charge on any atom is 0.283 e. The van der Waals surface area contributed by atoms with Gasteiger partial charge in [-0.2, -0.15) is 12.5 Å². The van der Waals surface area contributed by atoms with Gasteiger partial charge < -0.3 is 5.73 Å². The monoisotopic (exact) mass is 251 g/mol. The number of nitrogens with zero attached hydrogens (tertiary/aromatic N) is 2. The van der Waals surface area contributed by atoms with E-state index in [0.717, 1.165) is 15.2 Å². The van der Waals surface area contributed by atoms with Crippen molar-refractivity contribution in [3.05, 3.63) is 41.6 Å².